The molecular weight excluding hydrogens is 204 g/mol. The van der Waals surface area contributed by atoms with Crippen molar-refractivity contribution in [2.75, 3.05) is 19.6 Å². The van der Waals surface area contributed by atoms with Gasteiger partial charge >= 0.3 is 0 Å². The smallest absolute Gasteiger partial charge is 0.225 e. The molecule has 3 unspecified atom stereocenters. The summed E-state index contributed by atoms with van der Waals surface area (Å²) in [4.78, 5) is 16.3. The Morgan fingerprint density at radius 2 is 2.00 bits per heavy atom. The van der Waals surface area contributed by atoms with Gasteiger partial charge in [-0.15, -0.1) is 0 Å². The molecule has 4 heteroatoms. The lowest BCUT2D eigenvalue weighted by Gasteiger charge is -2.36. The van der Waals surface area contributed by atoms with E-state index in [4.69, 9.17) is 0 Å². The Hall–Kier alpha value is -0.610. The molecule has 1 amide bonds. The van der Waals surface area contributed by atoms with Crippen molar-refractivity contribution in [3.05, 3.63) is 0 Å². The first-order valence-electron chi connectivity index (χ1n) is 6.47. The molecule has 0 aromatic rings. The molecule has 0 bridgehead atoms. The molecule has 0 saturated carbocycles. The number of likely N-dealkylation sites (tertiary alicyclic amines) is 1. The summed E-state index contributed by atoms with van der Waals surface area (Å²) >= 11 is 0. The van der Waals surface area contributed by atoms with Crippen molar-refractivity contribution < 1.29 is 9.90 Å². The number of hydrogen-bond acceptors (Lipinski definition) is 3. The number of β-amino-alcohol motifs (C(OH)–C–C–N with tert-alkyl or cyclic N) is 1. The summed E-state index contributed by atoms with van der Waals surface area (Å²) < 4.78 is 0. The molecule has 0 aromatic heterocycles. The lowest BCUT2D eigenvalue weighted by atomic mass is 9.98. The van der Waals surface area contributed by atoms with Crippen molar-refractivity contribution in [3.8, 4) is 0 Å². The van der Waals surface area contributed by atoms with Gasteiger partial charge in [0.05, 0.1) is 12.5 Å². The summed E-state index contributed by atoms with van der Waals surface area (Å²) in [6, 6.07) is 0.952. The van der Waals surface area contributed by atoms with Crippen molar-refractivity contribution in [2.24, 2.45) is 0 Å². The van der Waals surface area contributed by atoms with E-state index >= 15 is 0 Å². The number of hydrogen-bond donors (Lipinski definition) is 1. The second kappa shape index (κ2) is 4.00. The molecule has 3 fully saturated rings. The van der Waals surface area contributed by atoms with E-state index in [1.807, 2.05) is 4.90 Å². The quantitative estimate of drug-likeness (QED) is 0.692. The van der Waals surface area contributed by atoms with Crippen LogP contribution in [0.15, 0.2) is 0 Å². The highest BCUT2D eigenvalue weighted by molar-refractivity contribution is 5.79. The van der Waals surface area contributed by atoms with Gasteiger partial charge in [-0.25, -0.2) is 0 Å². The SMILES string of the molecule is O=C1CC(O)CN1C1CCN2CCCCC12. The minimum absolute atomic E-state index is 0.157. The third-order valence-electron chi connectivity index (χ3n) is 4.36. The molecular formula is C12H20N2O2. The Labute approximate surface area is 96.2 Å². The van der Waals surface area contributed by atoms with Crippen LogP contribution in [0.2, 0.25) is 0 Å². The van der Waals surface area contributed by atoms with Gasteiger partial charge in [-0.1, -0.05) is 6.42 Å². The molecule has 4 nitrogen and oxygen atoms in total. The molecule has 3 aliphatic heterocycles. The fourth-order valence-corrected chi connectivity index (χ4v) is 3.62. The summed E-state index contributed by atoms with van der Waals surface area (Å²) in [6.45, 7) is 2.90. The lowest BCUT2D eigenvalue weighted by Crippen LogP contribution is -2.47. The minimum atomic E-state index is -0.426. The molecule has 0 aliphatic carbocycles. The number of amides is 1. The topological polar surface area (TPSA) is 43.8 Å². The maximum atomic E-state index is 11.8. The summed E-state index contributed by atoms with van der Waals surface area (Å²) in [7, 11) is 0. The average Bonchev–Trinajstić information content (AvgIpc) is 2.81. The number of carbonyl (C=O) groups excluding carboxylic acids is 1. The molecule has 0 radical (unpaired) electrons. The Bertz CT molecular complexity index is 295. The van der Waals surface area contributed by atoms with Gasteiger partial charge in [-0.05, 0) is 25.8 Å². The summed E-state index contributed by atoms with van der Waals surface area (Å²) in [6.07, 6.45) is 4.84. The van der Waals surface area contributed by atoms with Crippen molar-refractivity contribution >= 4 is 5.91 Å². The number of piperidine rings is 1. The molecule has 0 spiro atoms. The van der Waals surface area contributed by atoms with Gasteiger partial charge in [-0.2, -0.15) is 0 Å². The number of aliphatic hydroxyl groups is 1. The van der Waals surface area contributed by atoms with Crippen molar-refractivity contribution in [2.45, 2.75) is 50.3 Å². The van der Waals surface area contributed by atoms with E-state index in [0.717, 1.165) is 13.0 Å². The third kappa shape index (κ3) is 1.64. The molecule has 0 aromatic carbocycles. The first-order valence-corrected chi connectivity index (χ1v) is 6.47. The van der Waals surface area contributed by atoms with Gasteiger partial charge in [0.15, 0.2) is 0 Å². The van der Waals surface area contributed by atoms with E-state index in [0.29, 0.717) is 25.0 Å². The van der Waals surface area contributed by atoms with Gasteiger partial charge in [0.1, 0.15) is 0 Å². The average molecular weight is 224 g/mol. The van der Waals surface area contributed by atoms with Crippen LogP contribution in [0, 0.1) is 0 Å². The zero-order valence-electron chi connectivity index (χ0n) is 9.64. The summed E-state index contributed by atoms with van der Waals surface area (Å²) in [5.41, 5.74) is 0. The predicted octanol–water partition coefficient (Wildman–Crippen LogP) is 0.206. The third-order valence-corrected chi connectivity index (χ3v) is 4.36. The number of fused-ring (bicyclic) bond motifs is 1. The Balaban J connectivity index is 1.73. The van der Waals surface area contributed by atoms with Crippen molar-refractivity contribution in [3.63, 3.8) is 0 Å². The van der Waals surface area contributed by atoms with Gasteiger partial charge < -0.3 is 10.0 Å². The standard InChI is InChI=1S/C12H20N2O2/c15-9-7-12(16)14(8-9)11-4-6-13-5-2-1-3-10(11)13/h9-11,15H,1-8H2. The maximum absolute atomic E-state index is 11.8. The van der Waals surface area contributed by atoms with Crippen molar-refractivity contribution in [1.82, 2.24) is 9.80 Å². The normalized spacial score (nSPS) is 40.4. The number of rotatable bonds is 1. The van der Waals surface area contributed by atoms with Crippen molar-refractivity contribution in [1.29, 1.82) is 0 Å². The predicted molar refractivity (Wildman–Crippen MR) is 60.0 cm³/mol. The summed E-state index contributed by atoms with van der Waals surface area (Å²) in [5, 5.41) is 9.55. The second-order valence-electron chi connectivity index (χ2n) is 5.36. The van der Waals surface area contributed by atoms with Crippen LogP contribution in [0.25, 0.3) is 0 Å². The zero-order valence-corrected chi connectivity index (χ0v) is 9.64. The molecule has 90 valence electrons. The fraction of sp³-hybridized carbons (Fsp3) is 0.917. The van der Waals surface area contributed by atoms with E-state index < -0.39 is 6.10 Å². The highest BCUT2D eigenvalue weighted by atomic mass is 16.3. The van der Waals surface area contributed by atoms with Crippen LogP contribution in [-0.4, -0.2) is 58.6 Å². The Morgan fingerprint density at radius 1 is 1.12 bits per heavy atom. The van der Waals surface area contributed by atoms with E-state index in [1.54, 1.807) is 0 Å². The van der Waals surface area contributed by atoms with E-state index in [2.05, 4.69) is 4.90 Å². The van der Waals surface area contributed by atoms with Crippen LogP contribution in [0.1, 0.15) is 32.1 Å². The zero-order chi connectivity index (χ0) is 11.1. The fourth-order valence-electron chi connectivity index (χ4n) is 3.62. The first kappa shape index (κ1) is 10.5. The molecule has 3 saturated heterocycles. The molecule has 3 aliphatic rings. The van der Waals surface area contributed by atoms with Gasteiger partial charge in [-0.3, -0.25) is 9.69 Å². The molecule has 16 heavy (non-hydrogen) atoms. The second-order valence-corrected chi connectivity index (χ2v) is 5.36. The highest BCUT2D eigenvalue weighted by Crippen LogP contribution is 2.32. The number of nitrogens with zero attached hydrogens (tertiary/aromatic N) is 2. The van der Waals surface area contributed by atoms with E-state index in [-0.39, 0.29) is 5.91 Å². The Morgan fingerprint density at radius 3 is 2.75 bits per heavy atom. The Kier molecular flexibility index (Phi) is 2.64. The van der Waals surface area contributed by atoms with Gasteiger partial charge in [0.2, 0.25) is 5.91 Å². The summed E-state index contributed by atoms with van der Waals surface area (Å²) in [5.74, 6) is 0.157. The van der Waals surface area contributed by atoms with Crippen LogP contribution < -0.4 is 0 Å². The minimum Gasteiger partial charge on any atom is -0.391 e. The number of aliphatic hydroxyl groups excluding tert-OH is 1. The van der Waals surface area contributed by atoms with Crippen LogP contribution in [0.4, 0.5) is 0 Å². The van der Waals surface area contributed by atoms with Crippen LogP contribution in [0.5, 0.6) is 0 Å². The van der Waals surface area contributed by atoms with Crippen LogP contribution in [0.3, 0.4) is 0 Å². The molecule has 3 heterocycles. The molecule has 3 rings (SSSR count). The lowest BCUT2D eigenvalue weighted by molar-refractivity contribution is -0.130. The number of carbonyl (C=O) groups is 1. The first-order chi connectivity index (χ1) is 7.75. The highest BCUT2D eigenvalue weighted by Gasteiger charge is 2.43. The molecule has 3 atom stereocenters. The van der Waals surface area contributed by atoms with E-state index in [1.165, 1.54) is 25.8 Å². The molecule has 1 N–H and O–H groups in total. The largest absolute Gasteiger partial charge is 0.391 e. The maximum Gasteiger partial charge on any atom is 0.225 e. The monoisotopic (exact) mass is 224 g/mol. The van der Waals surface area contributed by atoms with Crippen LogP contribution in [-0.2, 0) is 4.79 Å². The van der Waals surface area contributed by atoms with Crippen LogP contribution >= 0.6 is 0 Å². The van der Waals surface area contributed by atoms with Gasteiger partial charge in [0.25, 0.3) is 0 Å². The van der Waals surface area contributed by atoms with Gasteiger partial charge in [0, 0.05) is 25.2 Å². The van der Waals surface area contributed by atoms with E-state index in [9.17, 15) is 9.90 Å².